The quantitative estimate of drug-likeness (QED) is 0.0238. The van der Waals surface area contributed by atoms with Gasteiger partial charge in [0.2, 0.25) is 0 Å². The van der Waals surface area contributed by atoms with E-state index >= 15 is 0 Å². The van der Waals surface area contributed by atoms with Crippen molar-refractivity contribution in [2.75, 3.05) is 72.7 Å². The summed E-state index contributed by atoms with van der Waals surface area (Å²) >= 11 is 0. The Morgan fingerprint density at radius 1 is 0.452 bits per heavy atom. The van der Waals surface area contributed by atoms with Gasteiger partial charge < -0.3 is 28.4 Å². The fourth-order valence-corrected chi connectivity index (χ4v) is 12.3. The third-order valence-electron chi connectivity index (χ3n) is 11.1. The fraction of sp³-hybridized carbons (Fsp3) is 0.382. The van der Waals surface area contributed by atoms with Gasteiger partial charge in [0.15, 0.2) is 0 Å². The van der Waals surface area contributed by atoms with E-state index < -0.39 is 7.26 Å². The number of rotatable bonds is 33. The van der Waals surface area contributed by atoms with Crippen LogP contribution in [0.1, 0.15) is 62.5 Å². The van der Waals surface area contributed by atoms with Crippen molar-refractivity contribution in [3.05, 3.63) is 164 Å². The van der Waals surface area contributed by atoms with Crippen molar-refractivity contribution in [2.45, 2.75) is 64.2 Å². The van der Waals surface area contributed by atoms with E-state index in [2.05, 4.69) is 134 Å². The van der Waals surface area contributed by atoms with E-state index in [1.54, 1.807) is 7.11 Å². The molecule has 7 heteroatoms. The van der Waals surface area contributed by atoms with E-state index in [1.807, 2.05) is 18.2 Å². The SMILES string of the molecule is C=CCc1ccc(OCCOCCOCCOCCOC)c(-c2ccc(OCCCCCCCCCC[P+](c3ccccc3)(c3ccccc3)c3ccccc3)c(CC=C)c2)c1. The first kappa shape index (κ1) is 48.5. The van der Waals surface area contributed by atoms with Gasteiger partial charge in [-0.15, -0.1) is 13.2 Å². The summed E-state index contributed by atoms with van der Waals surface area (Å²) in [5.74, 6) is 1.75. The van der Waals surface area contributed by atoms with Crippen LogP contribution in [0.15, 0.2) is 153 Å². The minimum atomic E-state index is -1.74. The lowest BCUT2D eigenvalue weighted by Crippen LogP contribution is -2.33. The van der Waals surface area contributed by atoms with Gasteiger partial charge in [-0.05, 0) is 109 Å². The maximum absolute atomic E-state index is 6.39. The first-order valence-corrected chi connectivity index (χ1v) is 24.7. The van der Waals surface area contributed by atoms with Gasteiger partial charge in [0, 0.05) is 12.7 Å². The van der Waals surface area contributed by atoms with Crippen molar-refractivity contribution in [1.29, 1.82) is 0 Å². The molecule has 0 spiro atoms. The monoisotopic (exact) mass is 857 g/mol. The molecule has 0 amide bonds. The van der Waals surface area contributed by atoms with Gasteiger partial charge >= 0.3 is 0 Å². The van der Waals surface area contributed by atoms with Gasteiger partial charge in [-0.1, -0.05) is 111 Å². The average Bonchev–Trinajstić information content (AvgIpc) is 3.31. The molecule has 0 aliphatic carbocycles. The van der Waals surface area contributed by atoms with E-state index in [0.29, 0.717) is 59.5 Å². The molecule has 0 saturated heterocycles. The highest BCUT2D eigenvalue weighted by Crippen LogP contribution is 2.56. The molecule has 0 radical (unpaired) electrons. The Bertz CT molecular complexity index is 1870. The van der Waals surface area contributed by atoms with Crippen LogP contribution in [0, 0.1) is 0 Å². The number of ether oxygens (including phenoxy) is 6. The van der Waals surface area contributed by atoms with E-state index in [-0.39, 0.29) is 0 Å². The molecule has 0 unspecified atom stereocenters. The number of hydrogen-bond donors (Lipinski definition) is 0. The topological polar surface area (TPSA) is 55.4 Å². The molecule has 5 aromatic rings. The second-order valence-electron chi connectivity index (χ2n) is 15.5. The Hall–Kier alpha value is -4.55. The third kappa shape index (κ3) is 15.7. The minimum absolute atomic E-state index is 0.439. The van der Waals surface area contributed by atoms with Crippen molar-refractivity contribution in [2.24, 2.45) is 0 Å². The number of benzene rings is 5. The first-order valence-electron chi connectivity index (χ1n) is 22.7. The molecule has 0 heterocycles. The van der Waals surface area contributed by atoms with Gasteiger partial charge in [-0.2, -0.15) is 0 Å². The van der Waals surface area contributed by atoms with E-state index in [1.165, 1.54) is 72.6 Å². The normalized spacial score (nSPS) is 11.4. The highest BCUT2D eigenvalue weighted by atomic mass is 31.2. The summed E-state index contributed by atoms with van der Waals surface area (Å²) in [7, 11) is -0.0790. The first-order chi connectivity index (χ1) is 30.7. The Morgan fingerprint density at radius 3 is 1.48 bits per heavy atom. The number of allylic oxidation sites excluding steroid dienone is 2. The van der Waals surface area contributed by atoms with E-state index in [9.17, 15) is 0 Å². The molecule has 330 valence electrons. The maximum Gasteiger partial charge on any atom is 0.127 e. The summed E-state index contributed by atoms with van der Waals surface area (Å²) in [6, 6.07) is 46.6. The molecule has 5 rings (SSSR count). The molecule has 0 N–H and O–H groups in total. The molecule has 0 atom stereocenters. The summed E-state index contributed by atoms with van der Waals surface area (Å²) in [4.78, 5) is 0. The minimum Gasteiger partial charge on any atom is -0.493 e. The van der Waals surface area contributed by atoms with Crippen molar-refractivity contribution in [3.8, 4) is 22.6 Å². The van der Waals surface area contributed by atoms with Crippen LogP contribution < -0.4 is 25.4 Å². The molecule has 0 fully saturated rings. The number of unbranched alkanes of at least 4 members (excludes halogenated alkanes) is 7. The number of hydrogen-bond acceptors (Lipinski definition) is 6. The standard InChI is InChI=1S/C55H70O6P/c1-4-23-47-31-33-55(61-43-42-59-41-40-58-39-38-57-37-36-56-3)53(45-47)48-32-34-54(49(46-48)24-5-2)60-35-21-10-8-6-7-9-11-22-44-62(50-25-15-12-16-26-50,51-27-17-13-18-28-51)52-29-19-14-20-30-52/h4-5,12-20,25-34,45-46H,1-2,6-11,21-24,35-44H2,3H3/q+1. The van der Waals surface area contributed by atoms with Crippen LogP contribution in [-0.4, -0.2) is 72.7 Å². The van der Waals surface area contributed by atoms with Crippen molar-refractivity contribution < 1.29 is 28.4 Å². The highest BCUT2D eigenvalue weighted by Gasteiger charge is 2.44. The lowest BCUT2D eigenvalue weighted by atomic mass is 9.97. The maximum atomic E-state index is 6.39. The zero-order chi connectivity index (χ0) is 43.3. The Labute approximate surface area is 373 Å². The van der Waals surface area contributed by atoms with Gasteiger partial charge in [-0.3, -0.25) is 0 Å². The molecule has 0 bridgehead atoms. The highest BCUT2D eigenvalue weighted by molar-refractivity contribution is 7.95. The molecular formula is C55H70O6P+. The van der Waals surface area contributed by atoms with Gasteiger partial charge in [0.25, 0.3) is 0 Å². The predicted molar refractivity (Wildman–Crippen MR) is 262 cm³/mol. The van der Waals surface area contributed by atoms with E-state index in [0.717, 1.165) is 47.5 Å². The third-order valence-corrected chi connectivity index (χ3v) is 15.6. The molecule has 5 aromatic carbocycles. The summed E-state index contributed by atoms with van der Waals surface area (Å²) in [5.41, 5.74) is 4.45. The number of methoxy groups -OCH3 is 1. The molecule has 0 aromatic heterocycles. The zero-order valence-corrected chi connectivity index (χ0v) is 38.1. The second-order valence-corrected chi connectivity index (χ2v) is 19.1. The summed E-state index contributed by atoms with van der Waals surface area (Å²) < 4.78 is 34.4. The van der Waals surface area contributed by atoms with Crippen LogP contribution in [0.25, 0.3) is 11.1 Å². The predicted octanol–water partition coefficient (Wildman–Crippen LogP) is 11.4. The molecule has 0 aliphatic rings. The van der Waals surface area contributed by atoms with Crippen LogP contribution in [0.2, 0.25) is 0 Å². The van der Waals surface area contributed by atoms with Crippen LogP contribution in [-0.2, 0) is 31.8 Å². The van der Waals surface area contributed by atoms with E-state index in [4.69, 9.17) is 28.4 Å². The summed E-state index contributed by atoms with van der Waals surface area (Å²) in [6.07, 6.45) is 16.4. The largest absolute Gasteiger partial charge is 0.493 e. The van der Waals surface area contributed by atoms with Crippen LogP contribution in [0.3, 0.4) is 0 Å². The van der Waals surface area contributed by atoms with Gasteiger partial charge in [0.1, 0.15) is 41.3 Å². The Balaban J connectivity index is 1.04. The second kappa shape index (κ2) is 28.9. The molecule has 62 heavy (non-hydrogen) atoms. The van der Waals surface area contributed by atoms with Crippen molar-refractivity contribution in [1.82, 2.24) is 0 Å². The molecule has 0 aliphatic heterocycles. The summed E-state index contributed by atoms with van der Waals surface area (Å²) in [5, 5.41) is 4.44. The van der Waals surface area contributed by atoms with Crippen LogP contribution in [0.5, 0.6) is 11.5 Å². The van der Waals surface area contributed by atoms with Crippen molar-refractivity contribution in [3.63, 3.8) is 0 Å². The van der Waals surface area contributed by atoms with Crippen LogP contribution >= 0.6 is 7.26 Å². The molecular weight excluding hydrogens is 788 g/mol. The van der Waals surface area contributed by atoms with Gasteiger partial charge in [0.05, 0.1) is 59.0 Å². The van der Waals surface area contributed by atoms with Crippen LogP contribution in [0.4, 0.5) is 0 Å². The smallest absolute Gasteiger partial charge is 0.127 e. The molecule has 6 nitrogen and oxygen atoms in total. The van der Waals surface area contributed by atoms with Crippen molar-refractivity contribution >= 4 is 23.2 Å². The van der Waals surface area contributed by atoms with Gasteiger partial charge in [-0.25, -0.2) is 0 Å². The zero-order valence-electron chi connectivity index (χ0n) is 37.2. The lowest BCUT2D eigenvalue weighted by molar-refractivity contribution is 0.000184. The lowest BCUT2D eigenvalue weighted by Gasteiger charge is -2.27. The Morgan fingerprint density at radius 2 is 0.935 bits per heavy atom. The average molecular weight is 858 g/mol. The summed E-state index contributed by atoms with van der Waals surface area (Å²) in [6.45, 7) is 12.9. The Kier molecular flexibility index (Phi) is 22.6. The molecule has 0 saturated carbocycles. The fourth-order valence-electron chi connectivity index (χ4n) is 7.90.